The topological polar surface area (TPSA) is 104 Å². The molecule has 0 heterocycles. The number of hydrogen-bond donors (Lipinski definition) is 3. The van der Waals surface area contributed by atoms with E-state index in [0.717, 1.165) is 0 Å². The van der Waals surface area contributed by atoms with Gasteiger partial charge in [0.15, 0.2) is 0 Å². The molecule has 0 spiro atoms. The summed E-state index contributed by atoms with van der Waals surface area (Å²) in [6, 6.07) is 2.63. The van der Waals surface area contributed by atoms with Crippen LogP contribution in [0.4, 0.5) is 0 Å². The summed E-state index contributed by atoms with van der Waals surface area (Å²) >= 11 is 0. The van der Waals surface area contributed by atoms with Crippen LogP contribution >= 0.6 is 0 Å². The fourth-order valence-electron chi connectivity index (χ4n) is 2.22. The summed E-state index contributed by atoms with van der Waals surface area (Å²) in [5.74, 6) is -2.46. The summed E-state index contributed by atoms with van der Waals surface area (Å²) < 4.78 is 0. The summed E-state index contributed by atoms with van der Waals surface area (Å²) in [5, 5.41) is 21.3. The van der Waals surface area contributed by atoms with Crippen LogP contribution in [0.5, 0.6) is 0 Å². The van der Waals surface area contributed by atoms with E-state index in [4.69, 9.17) is 5.11 Å². The molecule has 114 valence electrons. The molecule has 6 heteroatoms. The predicted octanol–water partition coefficient (Wildman–Crippen LogP) is 1.88. The van der Waals surface area contributed by atoms with Crippen LogP contribution < -0.4 is 5.32 Å². The molecule has 0 unspecified atom stereocenters. The highest BCUT2D eigenvalue weighted by atomic mass is 16.4. The van der Waals surface area contributed by atoms with E-state index in [1.807, 2.05) is 13.8 Å². The first-order valence-electron chi connectivity index (χ1n) is 6.57. The van der Waals surface area contributed by atoms with Crippen molar-refractivity contribution in [1.82, 2.24) is 5.32 Å². The normalized spacial score (nSPS) is 10.7. The van der Waals surface area contributed by atoms with Crippen LogP contribution in [0.15, 0.2) is 12.1 Å². The van der Waals surface area contributed by atoms with Gasteiger partial charge in [0.2, 0.25) is 0 Å². The Morgan fingerprint density at radius 2 is 1.76 bits per heavy atom. The fourth-order valence-corrected chi connectivity index (χ4v) is 2.22. The molecule has 0 radical (unpaired) electrons. The number of hydrogen-bond acceptors (Lipinski definition) is 4. The van der Waals surface area contributed by atoms with Crippen molar-refractivity contribution in [3.63, 3.8) is 0 Å². The number of Topliss-reactive ketones (excluding diaryl/α,β-unsaturated/α-hetero) is 1. The second kappa shape index (κ2) is 6.99. The Morgan fingerprint density at radius 3 is 2.19 bits per heavy atom. The van der Waals surface area contributed by atoms with Gasteiger partial charge in [0.05, 0.1) is 17.7 Å². The maximum absolute atomic E-state index is 11.4. The largest absolute Gasteiger partial charge is 0.478 e. The molecule has 1 aromatic carbocycles. The number of nitrogens with one attached hydrogen (secondary N) is 1. The molecule has 0 atom stereocenters. The zero-order valence-corrected chi connectivity index (χ0v) is 12.3. The number of ketones is 1. The Morgan fingerprint density at radius 1 is 1.14 bits per heavy atom. The zero-order chi connectivity index (χ0) is 16.2. The molecule has 3 N–H and O–H groups in total. The van der Waals surface area contributed by atoms with E-state index >= 15 is 0 Å². The van der Waals surface area contributed by atoms with Gasteiger partial charge in [-0.1, -0.05) is 13.8 Å². The van der Waals surface area contributed by atoms with Gasteiger partial charge < -0.3 is 15.5 Å². The third-order valence-corrected chi connectivity index (χ3v) is 3.01. The van der Waals surface area contributed by atoms with Gasteiger partial charge in [-0.3, -0.25) is 4.79 Å². The van der Waals surface area contributed by atoms with Gasteiger partial charge in [-0.25, -0.2) is 9.59 Å². The minimum absolute atomic E-state index is 0.00970. The van der Waals surface area contributed by atoms with Crippen LogP contribution in [0.3, 0.4) is 0 Å². The SMILES string of the molecule is CC(=O)CNCc1cc(C(=O)O)cc(C(=O)O)c1C(C)C. The number of aromatic carboxylic acids is 2. The Kier molecular flexibility index (Phi) is 5.60. The van der Waals surface area contributed by atoms with Gasteiger partial charge in [0, 0.05) is 6.54 Å². The van der Waals surface area contributed by atoms with Gasteiger partial charge in [0.1, 0.15) is 5.78 Å². The van der Waals surface area contributed by atoms with E-state index in [9.17, 15) is 19.5 Å². The number of rotatable bonds is 7. The Bertz CT molecular complexity index is 578. The highest BCUT2D eigenvalue weighted by Gasteiger charge is 2.20. The van der Waals surface area contributed by atoms with Crippen molar-refractivity contribution in [1.29, 1.82) is 0 Å². The van der Waals surface area contributed by atoms with E-state index < -0.39 is 11.9 Å². The van der Waals surface area contributed by atoms with Crippen molar-refractivity contribution in [2.45, 2.75) is 33.2 Å². The fraction of sp³-hybridized carbons (Fsp3) is 0.400. The molecule has 1 aromatic rings. The third kappa shape index (κ3) is 4.39. The van der Waals surface area contributed by atoms with Crippen molar-refractivity contribution in [2.75, 3.05) is 6.54 Å². The van der Waals surface area contributed by atoms with E-state index in [1.165, 1.54) is 19.1 Å². The number of benzene rings is 1. The minimum Gasteiger partial charge on any atom is -0.478 e. The Hall–Kier alpha value is -2.21. The highest BCUT2D eigenvalue weighted by Crippen LogP contribution is 2.26. The second-order valence-electron chi connectivity index (χ2n) is 5.17. The molecule has 0 saturated carbocycles. The molecule has 0 saturated heterocycles. The van der Waals surface area contributed by atoms with Crippen LogP contribution in [0.25, 0.3) is 0 Å². The molecule has 0 aliphatic heterocycles. The van der Waals surface area contributed by atoms with Crippen LogP contribution in [-0.4, -0.2) is 34.5 Å². The van der Waals surface area contributed by atoms with Crippen molar-refractivity contribution in [2.24, 2.45) is 0 Å². The molecule has 6 nitrogen and oxygen atoms in total. The van der Waals surface area contributed by atoms with Crippen LogP contribution in [0.1, 0.15) is 58.5 Å². The lowest BCUT2D eigenvalue weighted by atomic mass is 9.89. The van der Waals surface area contributed by atoms with E-state index in [2.05, 4.69) is 5.32 Å². The summed E-state index contributed by atoms with van der Waals surface area (Å²) in [5.41, 5.74) is 1.09. The molecule has 0 aliphatic carbocycles. The Labute approximate surface area is 122 Å². The molecule has 0 bridgehead atoms. The first-order chi connectivity index (χ1) is 9.73. The number of carbonyl (C=O) groups excluding carboxylic acids is 1. The molecule has 1 rings (SSSR count). The van der Waals surface area contributed by atoms with E-state index in [1.54, 1.807) is 0 Å². The smallest absolute Gasteiger partial charge is 0.336 e. The van der Waals surface area contributed by atoms with Gasteiger partial charge in [-0.15, -0.1) is 0 Å². The number of carbonyl (C=O) groups is 3. The maximum atomic E-state index is 11.4. The lowest BCUT2D eigenvalue weighted by molar-refractivity contribution is -0.116. The standard InChI is InChI=1S/C15H19NO5/c1-8(2)13-11(7-16-6-9(3)17)4-10(14(18)19)5-12(13)15(20)21/h4-5,8,16H,6-7H2,1-3H3,(H,18,19)(H,20,21). The minimum atomic E-state index is -1.18. The van der Waals surface area contributed by atoms with Gasteiger partial charge >= 0.3 is 11.9 Å². The van der Waals surface area contributed by atoms with Crippen LogP contribution in [0.2, 0.25) is 0 Å². The predicted molar refractivity (Wildman–Crippen MR) is 76.8 cm³/mol. The summed E-state index contributed by atoms with van der Waals surface area (Å²) in [7, 11) is 0. The molecular weight excluding hydrogens is 274 g/mol. The monoisotopic (exact) mass is 293 g/mol. The number of carboxylic acid groups (broad SMARTS) is 2. The second-order valence-corrected chi connectivity index (χ2v) is 5.17. The summed E-state index contributed by atoms with van der Waals surface area (Å²) in [6.45, 7) is 5.52. The molecule has 0 fully saturated rings. The van der Waals surface area contributed by atoms with Crippen LogP contribution in [-0.2, 0) is 11.3 Å². The van der Waals surface area contributed by atoms with E-state index in [-0.39, 0.29) is 35.9 Å². The van der Waals surface area contributed by atoms with Crippen molar-refractivity contribution in [3.8, 4) is 0 Å². The third-order valence-electron chi connectivity index (χ3n) is 3.01. The summed E-state index contributed by atoms with van der Waals surface area (Å²) in [4.78, 5) is 33.4. The molecule has 0 aromatic heterocycles. The van der Waals surface area contributed by atoms with Crippen molar-refractivity contribution in [3.05, 3.63) is 34.4 Å². The maximum Gasteiger partial charge on any atom is 0.336 e. The lowest BCUT2D eigenvalue weighted by Crippen LogP contribution is -2.22. The molecule has 21 heavy (non-hydrogen) atoms. The number of carboxylic acids is 2. The molecular formula is C15H19NO5. The van der Waals surface area contributed by atoms with Crippen LogP contribution in [0, 0.1) is 0 Å². The van der Waals surface area contributed by atoms with Crippen molar-refractivity contribution >= 4 is 17.7 Å². The average molecular weight is 293 g/mol. The quantitative estimate of drug-likeness (QED) is 0.709. The average Bonchev–Trinajstić information content (AvgIpc) is 2.36. The first-order valence-corrected chi connectivity index (χ1v) is 6.57. The van der Waals surface area contributed by atoms with Gasteiger partial charge in [0.25, 0.3) is 0 Å². The van der Waals surface area contributed by atoms with Crippen molar-refractivity contribution < 1.29 is 24.6 Å². The molecule has 0 aliphatic rings. The lowest BCUT2D eigenvalue weighted by Gasteiger charge is -2.17. The molecule has 0 amide bonds. The first kappa shape index (κ1) is 16.8. The highest BCUT2D eigenvalue weighted by molar-refractivity contribution is 5.95. The van der Waals surface area contributed by atoms with Gasteiger partial charge in [-0.05, 0) is 36.1 Å². The Balaban J connectivity index is 3.32. The summed E-state index contributed by atoms with van der Waals surface area (Å²) in [6.07, 6.45) is 0. The van der Waals surface area contributed by atoms with Gasteiger partial charge in [-0.2, -0.15) is 0 Å². The van der Waals surface area contributed by atoms with E-state index in [0.29, 0.717) is 11.1 Å². The zero-order valence-electron chi connectivity index (χ0n) is 12.3.